The summed E-state index contributed by atoms with van der Waals surface area (Å²) in [6, 6.07) is 6.84. The second-order valence-electron chi connectivity index (χ2n) is 5.28. The van der Waals surface area contributed by atoms with Crippen LogP contribution in [0.5, 0.6) is 0 Å². The minimum atomic E-state index is -4.48. The molecule has 0 bridgehead atoms. The molecule has 0 atom stereocenters. The summed E-state index contributed by atoms with van der Waals surface area (Å²) in [4.78, 5) is 11.8. The number of rotatable bonds is 3. The van der Waals surface area contributed by atoms with Gasteiger partial charge in [-0.15, -0.1) is 0 Å². The molecule has 0 radical (unpaired) electrons. The third-order valence-electron chi connectivity index (χ3n) is 3.54. The molecule has 3 rings (SSSR count). The lowest BCUT2D eigenvalue weighted by Gasteiger charge is -2.12. The first-order valence-corrected chi connectivity index (χ1v) is 6.62. The molecule has 0 unspecified atom stereocenters. The summed E-state index contributed by atoms with van der Waals surface area (Å²) in [6.45, 7) is 0. The van der Waals surface area contributed by atoms with Crippen LogP contribution >= 0.6 is 0 Å². The van der Waals surface area contributed by atoms with Crippen LogP contribution in [0.1, 0.15) is 18.5 Å². The van der Waals surface area contributed by atoms with Crippen LogP contribution in [0, 0.1) is 0 Å². The fraction of sp³-hybridized carbons (Fsp3) is 0.286. The lowest BCUT2D eigenvalue weighted by atomic mass is 10.2. The fourth-order valence-electron chi connectivity index (χ4n) is 2.03. The maximum absolute atomic E-state index is 12.8. The third-order valence-corrected chi connectivity index (χ3v) is 3.54. The summed E-state index contributed by atoms with van der Waals surface area (Å²) in [5, 5.41) is 6.33. The van der Waals surface area contributed by atoms with Crippen molar-refractivity contribution >= 4 is 11.6 Å². The van der Waals surface area contributed by atoms with Crippen molar-refractivity contribution in [2.75, 3.05) is 5.32 Å². The molecule has 1 heterocycles. The van der Waals surface area contributed by atoms with Crippen LogP contribution in [0.25, 0.3) is 5.69 Å². The average molecular weight is 310 g/mol. The van der Waals surface area contributed by atoms with Gasteiger partial charge in [0, 0.05) is 5.69 Å². The van der Waals surface area contributed by atoms with Gasteiger partial charge in [0.05, 0.1) is 17.4 Å². The van der Waals surface area contributed by atoms with Gasteiger partial charge in [0.15, 0.2) is 0 Å². The molecule has 116 valence electrons. The minimum absolute atomic E-state index is 0.254. The third kappa shape index (κ3) is 2.69. The lowest BCUT2D eigenvalue weighted by Crippen LogP contribution is -2.37. The smallest absolute Gasteiger partial charge is 0.324 e. The number of hydrogen-bond donors (Lipinski definition) is 2. The number of aromatic nitrogens is 2. The van der Waals surface area contributed by atoms with E-state index in [0.717, 1.165) is 16.9 Å². The highest BCUT2D eigenvalue weighted by atomic mass is 19.4. The molecule has 1 amide bonds. The second-order valence-corrected chi connectivity index (χ2v) is 5.28. The molecule has 3 N–H and O–H groups in total. The van der Waals surface area contributed by atoms with Gasteiger partial charge in [0.1, 0.15) is 5.69 Å². The SMILES string of the molecule is NC1(C(=O)Nc2ccc(-n3nccc3C(F)(F)F)cc2)CC1. The lowest BCUT2D eigenvalue weighted by molar-refractivity contribution is -0.142. The number of hydrogen-bond acceptors (Lipinski definition) is 3. The van der Waals surface area contributed by atoms with Crippen LogP contribution in [0.4, 0.5) is 18.9 Å². The number of carbonyl (C=O) groups is 1. The Hall–Kier alpha value is -2.35. The highest BCUT2D eigenvalue weighted by Crippen LogP contribution is 2.33. The van der Waals surface area contributed by atoms with E-state index in [2.05, 4.69) is 10.4 Å². The average Bonchev–Trinajstić information content (AvgIpc) is 3.02. The van der Waals surface area contributed by atoms with Crippen molar-refractivity contribution in [1.29, 1.82) is 0 Å². The molecule has 1 aromatic heterocycles. The monoisotopic (exact) mass is 310 g/mol. The number of nitrogens with zero attached hydrogens (tertiary/aromatic N) is 2. The van der Waals surface area contributed by atoms with Gasteiger partial charge in [-0.1, -0.05) is 0 Å². The first-order valence-electron chi connectivity index (χ1n) is 6.62. The molecule has 1 aliphatic rings. The van der Waals surface area contributed by atoms with Crippen LogP contribution in [0.3, 0.4) is 0 Å². The van der Waals surface area contributed by atoms with E-state index < -0.39 is 17.4 Å². The molecule has 1 aromatic carbocycles. The Bertz CT molecular complexity index is 702. The minimum Gasteiger partial charge on any atom is -0.324 e. The fourth-order valence-corrected chi connectivity index (χ4v) is 2.03. The maximum Gasteiger partial charge on any atom is 0.433 e. The standard InChI is InChI=1S/C14H13F3N4O/c15-14(16,17)11-5-8-19-21(11)10-3-1-9(2-4-10)20-12(22)13(18)6-7-13/h1-5,8H,6-7,18H2,(H,20,22). The van der Waals surface area contributed by atoms with Gasteiger partial charge < -0.3 is 11.1 Å². The first-order chi connectivity index (χ1) is 10.3. The van der Waals surface area contributed by atoms with E-state index in [0.29, 0.717) is 18.5 Å². The van der Waals surface area contributed by atoms with Gasteiger partial charge in [0.25, 0.3) is 0 Å². The second kappa shape index (κ2) is 4.84. The first kappa shape index (κ1) is 14.6. The molecule has 2 aromatic rings. The van der Waals surface area contributed by atoms with Gasteiger partial charge in [-0.05, 0) is 43.2 Å². The Balaban J connectivity index is 1.80. The normalized spacial score (nSPS) is 16.4. The molecule has 8 heteroatoms. The number of halogens is 3. The number of anilines is 1. The Kier molecular flexibility index (Phi) is 3.21. The number of nitrogens with one attached hydrogen (secondary N) is 1. The van der Waals surface area contributed by atoms with Crippen molar-refractivity contribution in [3.8, 4) is 5.69 Å². The Morgan fingerprint density at radius 3 is 2.41 bits per heavy atom. The summed E-state index contributed by atoms with van der Waals surface area (Å²) < 4.78 is 39.3. The van der Waals surface area contributed by atoms with E-state index in [1.165, 1.54) is 24.3 Å². The number of benzene rings is 1. The van der Waals surface area contributed by atoms with E-state index in [-0.39, 0.29) is 11.6 Å². The van der Waals surface area contributed by atoms with Gasteiger partial charge >= 0.3 is 6.18 Å². The number of alkyl halides is 3. The molecule has 5 nitrogen and oxygen atoms in total. The quantitative estimate of drug-likeness (QED) is 0.914. The molecule has 1 saturated carbocycles. The van der Waals surface area contributed by atoms with Crippen molar-refractivity contribution in [3.63, 3.8) is 0 Å². The van der Waals surface area contributed by atoms with Crippen molar-refractivity contribution in [2.24, 2.45) is 5.73 Å². The highest BCUT2D eigenvalue weighted by Gasteiger charge is 2.45. The van der Waals surface area contributed by atoms with Crippen LogP contribution in [0.2, 0.25) is 0 Å². The van der Waals surface area contributed by atoms with Crippen molar-refractivity contribution in [1.82, 2.24) is 9.78 Å². The molecule has 0 spiro atoms. The topological polar surface area (TPSA) is 72.9 Å². The number of carbonyl (C=O) groups excluding carboxylic acids is 1. The van der Waals surface area contributed by atoms with Crippen molar-refractivity contribution in [3.05, 3.63) is 42.2 Å². The van der Waals surface area contributed by atoms with Crippen molar-refractivity contribution in [2.45, 2.75) is 24.6 Å². The predicted octanol–water partition coefficient (Wildman–Crippen LogP) is 2.32. The Morgan fingerprint density at radius 1 is 1.23 bits per heavy atom. The summed E-state index contributed by atoms with van der Waals surface area (Å²) in [7, 11) is 0. The molecule has 22 heavy (non-hydrogen) atoms. The van der Waals surface area contributed by atoms with Gasteiger partial charge in [-0.3, -0.25) is 4.79 Å². The van der Waals surface area contributed by atoms with E-state index in [1.54, 1.807) is 0 Å². The van der Waals surface area contributed by atoms with E-state index in [1.807, 2.05) is 0 Å². The Labute approximate surface area is 123 Å². The van der Waals surface area contributed by atoms with Crippen molar-refractivity contribution < 1.29 is 18.0 Å². The summed E-state index contributed by atoms with van der Waals surface area (Å²) in [5.41, 5.74) is 4.83. The zero-order valence-electron chi connectivity index (χ0n) is 11.4. The van der Waals surface area contributed by atoms with E-state index in [9.17, 15) is 18.0 Å². The number of nitrogens with two attached hydrogens (primary N) is 1. The zero-order valence-corrected chi connectivity index (χ0v) is 11.4. The van der Waals surface area contributed by atoms with Gasteiger partial charge in [0.2, 0.25) is 5.91 Å². The molecule has 0 aliphatic heterocycles. The number of amides is 1. The van der Waals surface area contributed by atoms with E-state index in [4.69, 9.17) is 5.73 Å². The summed E-state index contributed by atoms with van der Waals surface area (Å²) in [6.07, 6.45) is -2.12. The molecular formula is C14H13F3N4O. The molecular weight excluding hydrogens is 297 g/mol. The maximum atomic E-state index is 12.8. The molecule has 1 aliphatic carbocycles. The van der Waals surface area contributed by atoms with Gasteiger partial charge in [-0.2, -0.15) is 18.3 Å². The van der Waals surface area contributed by atoms with Crippen LogP contribution in [0.15, 0.2) is 36.5 Å². The summed E-state index contributed by atoms with van der Waals surface area (Å²) in [5.74, 6) is -0.282. The van der Waals surface area contributed by atoms with Gasteiger partial charge in [-0.25, -0.2) is 4.68 Å². The van der Waals surface area contributed by atoms with Crippen LogP contribution < -0.4 is 11.1 Å². The predicted molar refractivity (Wildman–Crippen MR) is 73.3 cm³/mol. The van der Waals surface area contributed by atoms with Crippen LogP contribution in [-0.2, 0) is 11.0 Å². The highest BCUT2D eigenvalue weighted by molar-refractivity contribution is 6.00. The molecule has 1 fully saturated rings. The Morgan fingerprint density at radius 2 is 1.86 bits per heavy atom. The molecule has 0 saturated heterocycles. The van der Waals surface area contributed by atoms with E-state index >= 15 is 0 Å². The zero-order chi connectivity index (χ0) is 16.0. The van der Waals surface area contributed by atoms with Crippen LogP contribution in [-0.4, -0.2) is 21.2 Å². The largest absolute Gasteiger partial charge is 0.433 e. The summed E-state index contributed by atoms with van der Waals surface area (Å²) >= 11 is 0.